The van der Waals surface area contributed by atoms with E-state index in [1.165, 1.54) is 0 Å². The summed E-state index contributed by atoms with van der Waals surface area (Å²) in [6.07, 6.45) is 1.62. The van der Waals surface area contributed by atoms with Gasteiger partial charge in [0, 0.05) is 6.04 Å². The summed E-state index contributed by atoms with van der Waals surface area (Å²) in [5.41, 5.74) is 0. The van der Waals surface area contributed by atoms with Crippen molar-refractivity contribution in [3.05, 3.63) is 12.7 Å². The van der Waals surface area contributed by atoms with Crippen LogP contribution >= 0.6 is 44.3 Å². The van der Waals surface area contributed by atoms with E-state index >= 15 is 0 Å². The summed E-state index contributed by atoms with van der Waals surface area (Å²) in [5.74, 6) is 0. The predicted octanol–water partition coefficient (Wildman–Crippen LogP) is 3.32. The highest BCUT2D eigenvalue weighted by Gasteiger charge is 2.25. The van der Waals surface area contributed by atoms with Gasteiger partial charge in [0.15, 0.2) is 0 Å². The van der Waals surface area contributed by atoms with Crippen LogP contribution < -0.4 is 0 Å². The third-order valence-electron chi connectivity index (χ3n) is 0.638. The molecule has 0 heterocycles. The van der Waals surface area contributed by atoms with Gasteiger partial charge in [-0.25, -0.2) is 0 Å². The zero-order valence-electron chi connectivity index (χ0n) is 4.95. The molecule has 0 unspecified atom stereocenters. The van der Waals surface area contributed by atoms with Crippen LogP contribution in [0, 0.1) is 0 Å². The molecule has 0 N–H and O–H groups in total. The zero-order chi connectivity index (χ0) is 8.20. The van der Waals surface area contributed by atoms with Crippen LogP contribution in [0.5, 0.6) is 0 Å². The lowest BCUT2D eigenvalue weighted by Gasteiger charge is -2.06. The topological polar surface area (TPSA) is 12.4 Å². The van der Waals surface area contributed by atoms with Crippen LogP contribution in [0.15, 0.2) is 17.0 Å². The number of rotatable bonds is 3. The van der Waals surface area contributed by atoms with Gasteiger partial charge in [-0.2, -0.15) is 0 Å². The first-order chi connectivity index (χ1) is 4.48. The van der Waals surface area contributed by atoms with Crippen LogP contribution in [0.1, 0.15) is 0 Å². The Bertz CT molecular complexity index is 153. The van der Waals surface area contributed by atoms with Crippen molar-refractivity contribution in [2.24, 2.45) is 4.30 Å². The molecule has 0 aromatic rings. The van der Waals surface area contributed by atoms with E-state index < -0.39 is 14.1 Å². The Hall–Kier alpha value is 1.13. The monoisotopic (exact) mass is 251 g/mol. The molecule has 0 aliphatic carbocycles. The minimum Gasteiger partial charge on any atom is -0.312 e. The van der Waals surface area contributed by atoms with Crippen molar-refractivity contribution in [3.8, 4) is 0 Å². The second-order valence-electron chi connectivity index (χ2n) is 1.51. The fraction of sp³-hybridized carbons (Fsp3) is 0.333. The summed E-state index contributed by atoms with van der Waals surface area (Å²) in [7, 11) is -1.69. The van der Waals surface area contributed by atoms with E-state index in [1.54, 1.807) is 6.08 Å². The van der Waals surface area contributed by atoms with E-state index in [0.717, 1.165) is 0 Å². The van der Waals surface area contributed by atoms with Gasteiger partial charge in [-0.15, -0.1) is 28.7 Å². The van der Waals surface area contributed by atoms with E-state index in [0.29, 0.717) is 6.04 Å². The molecule has 0 spiro atoms. The second kappa shape index (κ2) is 4.90. The Morgan fingerprint density at radius 2 is 2.00 bits per heavy atom. The standard InChI is InChI=1S/C3H5Cl4NSi2/c1-2-3-10(6,7)8-9(4)5/h2H,1,3H2. The first-order valence-electron chi connectivity index (χ1n) is 2.37. The molecular weight excluding hydrogens is 248 g/mol. The lowest BCUT2D eigenvalue weighted by atomic mass is 10.8. The van der Waals surface area contributed by atoms with Crippen LogP contribution in [0.25, 0.3) is 0 Å². The Morgan fingerprint density at radius 3 is 2.30 bits per heavy atom. The molecule has 0 fully saturated rings. The van der Waals surface area contributed by atoms with Gasteiger partial charge in [0.2, 0.25) is 0 Å². The molecule has 0 radical (unpaired) electrons. The van der Waals surface area contributed by atoms with Crippen LogP contribution in [-0.4, -0.2) is 14.1 Å². The van der Waals surface area contributed by atoms with Crippen molar-refractivity contribution in [2.75, 3.05) is 0 Å². The van der Waals surface area contributed by atoms with E-state index in [2.05, 4.69) is 10.9 Å². The second-order valence-corrected chi connectivity index (χ2v) is 11.7. The fourth-order valence-electron chi connectivity index (χ4n) is 0.343. The van der Waals surface area contributed by atoms with Crippen LogP contribution in [0.4, 0.5) is 0 Å². The third kappa shape index (κ3) is 5.88. The van der Waals surface area contributed by atoms with Crippen molar-refractivity contribution in [2.45, 2.75) is 6.04 Å². The summed E-state index contributed by atoms with van der Waals surface area (Å²) in [4.78, 5) is 0. The molecule has 0 rings (SSSR count). The van der Waals surface area contributed by atoms with Crippen LogP contribution in [0.3, 0.4) is 0 Å². The molecule has 0 amide bonds. The van der Waals surface area contributed by atoms with Gasteiger partial charge in [-0.05, 0) is 0 Å². The molecule has 0 aliphatic heterocycles. The molecule has 7 heteroatoms. The summed E-state index contributed by atoms with van der Waals surface area (Å²) in [6, 6.07) is 0.490. The summed E-state index contributed by atoms with van der Waals surface area (Å²) >= 11 is 22.4. The number of hydrogen-bond acceptors (Lipinski definition) is 1. The number of hydrogen-bond donors (Lipinski definition) is 0. The normalized spacial score (nSPS) is 10.8. The smallest absolute Gasteiger partial charge is 0.312 e. The van der Waals surface area contributed by atoms with Gasteiger partial charge in [-0.3, -0.25) is 0 Å². The van der Waals surface area contributed by atoms with Gasteiger partial charge in [0.1, 0.15) is 0 Å². The van der Waals surface area contributed by atoms with Crippen molar-refractivity contribution in [3.63, 3.8) is 0 Å². The van der Waals surface area contributed by atoms with Gasteiger partial charge < -0.3 is 4.30 Å². The zero-order valence-corrected chi connectivity index (χ0v) is 9.97. The first-order valence-corrected chi connectivity index (χ1v) is 10.0. The maximum Gasteiger partial charge on any atom is 0.366 e. The quantitative estimate of drug-likeness (QED) is 0.415. The summed E-state index contributed by atoms with van der Waals surface area (Å²) < 4.78 is 3.83. The predicted molar refractivity (Wildman–Crippen MR) is 52.4 cm³/mol. The maximum absolute atomic E-state index is 5.75. The van der Waals surface area contributed by atoms with Crippen LogP contribution in [-0.2, 0) is 0 Å². The molecule has 0 saturated heterocycles. The largest absolute Gasteiger partial charge is 0.366 e. The van der Waals surface area contributed by atoms with Crippen molar-refractivity contribution in [1.29, 1.82) is 0 Å². The average Bonchev–Trinajstić information content (AvgIpc) is 1.59. The Kier molecular flexibility index (Phi) is 5.46. The number of nitrogens with zero attached hydrogens (tertiary/aromatic N) is 1. The Balaban J connectivity index is 4.11. The number of allylic oxidation sites excluding steroid dienone is 1. The highest BCUT2D eigenvalue weighted by molar-refractivity contribution is 7.47. The third-order valence-corrected chi connectivity index (χ3v) is 7.37. The van der Waals surface area contributed by atoms with Gasteiger partial charge in [0.25, 0.3) is 0 Å². The molecule has 58 valence electrons. The lowest BCUT2D eigenvalue weighted by molar-refractivity contribution is 1.62. The molecule has 0 aliphatic rings. The van der Waals surface area contributed by atoms with Gasteiger partial charge in [0.05, 0.1) is 0 Å². The molecule has 0 aromatic carbocycles. The molecule has 1 nitrogen and oxygen atoms in total. The molecule has 10 heavy (non-hydrogen) atoms. The van der Waals surface area contributed by atoms with E-state index in [-0.39, 0.29) is 0 Å². The van der Waals surface area contributed by atoms with E-state index in [4.69, 9.17) is 44.3 Å². The highest BCUT2D eigenvalue weighted by atomic mass is 35.7. The van der Waals surface area contributed by atoms with Gasteiger partial charge >= 0.3 is 14.1 Å². The summed E-state index contributed by atoms with van der Waals surface area (Å²) in [6.45, 7) is 0.951. The molecule has 0 bridgehead atoms. The molecule has 0 atom stereocenters. The highest BCUT2D eigenvalue weighted by Crippen LogP contribution is 2.22. The van der Waals surface area contributed by atoms with Crippen molar-refractivity contribution in [1.82, 2.24) is 0 Å². The van der Waals surface area contributed by atoms with Crippen molar-refractivity contribution >= 4 is 58.4 Å². The minimum atomic E-state index is -2.53. The van der Waals surface area contributed by atoms with E-state index in [1.807, 2.05) is 0 Å². The lowest BCUT2D eigenvalue weighted by Crippen LogP contribution is -2.15. The fourth-order valence-corrected chi connectivity index (χ4v) is 8.37. The van der Waals surface area contributed by atoms with Crippen molar-refractivity contribution < 1.29 is 0 Å². The van der Waals surface area contributed by atoms with Gasteiger partial charge in [-0.1, -0.05) is 28.2 Å². The maximum atomic E-state index is 5.75. The summed E-state index contributed by atoms with van der Waals surface area (Å²) in [5, 5.41) is 0. The number of halogens is 4. The first kappa shape index (κ1) is 11.1. The SMILES string of the molecule is C=CC[Si](Cl)(Cl)N=[Si](Cl)Cl. The Labute approximate surface area is 81.2 Å². The van der Waals surface area contributed by atoms with Crippen LogP contribution in [0.2, 0.25) is 6.04 Å². The average molecular weight is 253 g/mol. The molecule has 0 saturated carbocycles. The molecular formula is C3H5Cl4NSi2. The molecule has 0 aromatic heterocycles. The Morgan fingerprint density at radius 1 is 1.50 bits per heavy atom. The van der Waals surface area contributed by atoms with E-state index in [9.17, 15) is 0 Å². The minimum absolute atomic E-state index is 0.490.